The van der Waals surface area contributed by atoms with Gasteiger partial charge >= 0.3 is 0 Å². The van der Waals surface area contributed by atoms with Crippen LogP contribution in [0.15, 0.2) is 48.5 Å². The Morgan fingerprint density at radius 3 is 2.47 bits per heavy atom. The Morgan fingerprint density at radius 2 is 1.77 bits per heavy atom. The van der Waals surface area contributed by atoms with Crippen molar-refractivity contribution in [1.29, 1.82) is 0 Å². The maximum absolute atomic E-state index is 12.9. The number of aryl methyl sites for hydroxylation is 1. The monoisotopic (exact) mass is 422 g/mol. The van der Waals surface area contributed by atoms with E-state index < -0.39 is 0 Å². The molecule has 6 heteroatoms. The lowest BCUT2D eigenvalue weighted by Gasteiger charge is -2.17. The summed E-state index contributed by atoms with van der Waals surface area (Å²) >= 11 is 6.28. The predicted octanol–water partition coefficient (Wildman–Crippen LogP) is 4.73. The summed E-state index contributed by atoms with van der Waals surface area (Å²) in [5, 5.41) is 8.31. The van der Waals surface area contributed by atoms with Crippen molar-refractivity contribution in [2.75, 3.05) is 18.0 Å². The lowest BCUT2D eigenvalue weighted by atomic mass is 10.1. The average Bonchev–Trinajstić information content (AvgIpc) is 3.37. The van der Waals surface area contributed by atoms with Crippen LogP contribution in [0.25, 0.3) is 0 Å². The van der Waals surface area contributed by atoms with Crippen molar-refractivity contribution in [3.8, 4) is 0 Å². The third kappa shape index (κ3) is 4.36. The summed E-state index contributed by atoms with van der Waals surface area (Å²) in [6, 6.07) is 16.2. The maximum Gasteiger partial charge on any atom is 0.255 e. The van der Waals surface area contributed by atoms with Gasteiger partial charge in [0.25, 0.3) is 5.91 Å². The highest BCUT2D eigenvalue weighted by molar-refractivity contribution is 6.31. The molecular weight excluding hydrogens is 396 g/mol. The molecule has 30 heavy (non-hydrogen) atoms. The van der Waals surface area contributed by atoms with Crippen LogP contribution in [-0.4, -0.2) is 28.8 Å². The smallest absolute Gasteiger partial charge is 0.255 e. The molecule has 4 rings (SSSR count). The van der Waals surface area contributed by atoms with Crippen LogP contribution in [0.1, 0.15) is 45.7 Å². The molecule has 0 saturated carbocycles. The SMILES string of the molecule is Cc1nn(Cc2ccccc2Cl)c(C)c1C(=O)NCc1ccc(N2CCCC2)cc1. The highest BCUT2D eigenvalue weighted by Gasteiger charge is 2.19. The van der Waals surface area contributed by atoms with Crippen molar-refractivity contribution in [3.63, 3.8) is 0 Å². The normalized spacial score (nSPS) is 13.6. The van der Waals surface area contributed by atoms with Gasteiger partial charge in [-0.25, -0.2) is 0 Å². The van der Waals surface area contributed by atoms with Gasteiger partial charge in [-0.3, -0.25) is 9.48 Å². The molecule has 2 aromatic carbocycles. The van der Waals surface area contributed by atoms with E-state index in [4.69, 9.17) is 11.6 Å². The third-order valence-electron chi connectivity index (χ3n) is 5.75. The molecule has 156 valence electrons. The molecule has 1 aliphatic rings. The minimum Gasteiger partial charge on any atom is -0.372 e. The summed E-state index contributed by atoms with van der Waals surface area (Å²) in [6.45, 7) is 7.09. The minimum atomic E-state index is -0.0981. The van der Waals surface area contributed by atoms with Crippen LogP contribution < -0.4 is 10.2 Å². The minimum absolute atomic E-state index is 0.0981. The summed E-state index contributed by atoms with van der Waals surface area (Å²) in [7, 11) is 0. The van der Waals surface area contributed by atoms with Crippen molar-refractivity contribution in [2.24, 2.45) is 0 Å². The first-order chi connectivity index (χ1) is 14.5. The number of nitrogens with one attached hydrogen (secondary N) is 1. The second-order valence-corrected chi connectivity index (χ2v) is 8.25. The van der Waals surface area contributed by atoms with Crippen LogP contribution in [0, 0.1) is 13.8 Å². The highest BCUT2D eigenvalue weighted by Crippen LogP contribution is 2.21. The number of aromatic nitrogens is 2. The van der Waals surface area contributed by atoms with Gasteiger partial charge in [0.2, 0.25) is 0 Å². The Morgan fingerprint density at radius 1 is 1.07 bits per heavy atom. The molecule has 1 aliphatic heterocycles. The fraction of sp³-hybridized carbons (Fsp3) is 0.333. The van der Waals surface area contributed by atoms with Crippen molar-refractivity contribution >= 4 is 23.2 Å². The average molecular weight is 423 g/mol. The Hall–Kier alpha value is -2.79. The van der Waals surface area contributed by atoms with Crippen molar-refractivity contribution in [2.45, 2.75) is 39.8 Å². The molecule has 1 amide bonds. The van der Waals surface area contributed by atoms with E-state index in [1.807, 2.05) is 42.8 Å². The van der Waals surface area contributed by atoms with Gasteiger partial charge in [-0.05, 0) is 56.0 Å². The summed E-state index contributed by atoms with van der Waals surface area (Å²) < 4.78 is 1.84. The predicted molar refractivity (Wildman–Crippen MR) is 121 cm³/mol. The number of halogens is 1. The summed E-state index contributed by atoms with van der Waals surface area (Å²) in [5.41, 5.74) is 5.53. The molecule has 1 aromatic heterocycles. The van der Waals surface area contributed by atoms with Gasteiger partial charge in [-0.2, -0.15) is 5.10 Å². The van der Waals surface area contributed by atoms with Gasteiger partial charge in [0.15, 0.2) is 0 Å². The molecule has 1 fully saturated rings. The molecule has 0 aliphatic carbocycles. The number of rotatable bonds is 6. The molecule has 3 aromatic rings. The van der Waals surface area contributed by atoms with E-state index in [1.54, 1.807) is 0 Å². The first-order valence-corrected chi connectivity index (χ1v) is 10.8. The molecule has 0 atom stereocenters. The van der Waals surface area contributed by atoms with E-state index in [0.29, 0.717) is 23.7 Å². The van der Waals surface area contributed by atoms with Crippen molar-refractivity contribution < 1.29 is 4.79 Å². The van der Waals surface area contributed by atoms with E-state index in [-0.39, 0.29) is 5.91 Å². The summed E-state index contributed by atoms with van der Waals surface area (Å²) in [4.78, 5) is 15.3. The number of carbonyl (C=O) groups excluding carboxylic acids is 1. The topological polar surface area (TPSA) is 50.2 Å². The Labute approximate surface area is 182 Å². The number of hydrogen-bond acceptors (Lipinski definition) is 3. The van der Waals surface area contributed by atoms with Crippen LogP contribution in [-0.2, 0) is 13.1 Å². The fourth-order valence-corrected chi connectivity index (χ4v) is 4.23. The van der Waals surface area contributed by atoms with Gasteiger partial charge < -0.3 is 10.2 Å². The zero-order valence-corrected chi connectivity index (χ0v) is 18.2. The lowest BCUT2D eigenvalue weighted by Crippen LogP contribution is -2.24. The number of anilines is 1. The van der Waals surface area contributed by atoms with Crippen molar-refractivity contribution in [3.05, 3.63) is 81.6 Å². The van der Waals surface area contributed by atoms with Crippen LogP contribution in [0.4, 0.5) is 5.69 Å². The lowest BCUT2D eigenvalue weighted by molar-refractivity contribution is 0.0949. The standard InChI is InChI=1S/C24H27ClN4O/c1-17-23(18(2)29(27-17)16-20-7-3-4-8-22(20)25)24(30)26-15-19-9-11-21(12-10-19)28-13-5-6-14-28/h3-4,7-12H,5-6,13-16H2,1-2H3,(H,26,30). The van der Waals surface area contributed by atoms with E-state index in [0.717, 1.165) is 35.6 Å². The van der Waals surface area contributed by atoms with Gasteiger partial charge in [0.1, 0.15) is 0 Å². The molecule has 5 nitrogen and oxygen atoms in total. The van der Waals surface area contributed by atoms with Crippen LogP contribution in [0.2, 0.25) is 5.02 Å². The molecule has 0 unspecified atom stereocenters. The van der Waals surface area contributed by atoms with E-state index in [2.05, 4.69) is 39.6 Å². The number of hydrogen-bond donors (Lipinski definition) is 1. The van der Waals surface area contributed by atoms with Crippen LogP contribution in [0.3, 0.4) is 0 Å². The molecule has 0 radical (unpaired) electrons. The van der Waals surface area contributed by atoms with Crippen molar-refractivity contribution in [1.82, 2.24) is 15.1 Å². The van der Waals surface area contributed by atoms with E-state index in [1.165, 1.54) is 18.5 Å². The fourth-order valence-electron chi connectivity index (χ4n) is 4.04. The van der Waals surface area contributed by atoms with E-state index in [9.17, 15) is 4.79 Å². The Bertz CT molecular complexity index is 1040. The molecule has 0 spiro atoms. The Balaban J connectivity index is 1.42. The molecular formula is C24H27ClN4O. The third-order valence-corrected chi connectivity index (χ3v) is 6.12. The number of benzene rings is 2. The second kappa shape index (κ2) is 8.92. The first-order valence-electron chi connectivity index (χ1n) is 10.4. The van der Waals surface area contributed by atoms with Crippen LogP contribution in [0.5, 0.6) is 0 Å². The van der Waals surface area contributed by atoms with Gasteiger partial charge in [-0.15, -0.1) is 0 Å². The highest BCUT2D eigenvalue weighted by atomic mass is 35.5. The number of carbonyl (C=O) groups is 1. The largest absolute Gasteiger partial charge is 0.372 e. The summed E-state index contributed by atoms with van der Waals surface area (Å²) in [6.07, 6.45) is 2.53. The molecule has 2 heterocycles. The molecule has 1 saturated heterocycles. The number of nitrogens with zero attached hydrogens (tertiary/aromatic N) is 3. The van der Waals surface area contributed by atoms with Gasteiger partial charge in [0.05, 0.1) is 17.8 Å². The van der Waals surface area contributed by atoms with Gasteiger partial charge in [0, 0.05) is 36.0 Å². The van der Waals surface area contributed by atoms with Gasteiger partial charge in [-0.1, -0.05) is 41.9 Å². The zero-order chi connectivity index (χ0) is 21.1. The second-order valence-electron chi connectivity index (χ2n) is 7.84. The quantitative estimate of drug-likeness (QED) is 0.624. The molecule has 1 N–H and O–H groups in total. The first kappa shape index (κ1) is 20.5. The molecule has 0 bridgehead atoms. The summed E-state index contributed by atoms with van der Waals surface area (Å²) in [5.74, 6) is -0.0981. The van der Waals surface area contributed by atoms with E-state index >= 15 is 0 Å². The maximum atomic E-state index is 12.9. The zero-order valence-electron chi connectivity index (χ0n) is 17.5. The Kier molecular flexibility index (Phi) is 6.09. The van der Waals surface area contributed by atoms with Crippen LogP contribution >= 0.6 is 11.6 Å². The number of amides is 1.